The van der Waals surface area contributed by atoms with Gasteiger partial charge in [-0.1, -0.05) is 122 Å². The molecule has 258 valence electrons. The molecular weight excluding hydrogens is 631 g/mol. The van der Waals surface area contributed by atoms with Gasteiger partial charge in [-0.25, -0.2) is 9.79 Å². The lowest BCUT2D eigenvalue weighted by molar-refractivity contribution is 0.0699. The third-order valence-corrected chi connectivity index (χ3v) is 10.3. The fourth-order valence-corrected chi connectivity index (χ4v) is 7.74. The van der Waals surface area contributed by atoms with Crippen molar-refractivity contribution in [2.75, 3.05) is 0 Å². The first-order valence-electron chi connectivity index (χ1n) is 18.0. The average Bonchev–Trinajstić information content (AvgIpc) is 3.10. The number of nitrogens with zero attached hydrogens (tertiary/aromatic N) is 1. The highest BCUT2D eigenvalue weighted by molar-refractivity contribution is 6.36. The Bertz CT molecular complexity index is 2430. The minimum Gasteiger partial charge on any atom is -0.493 e. The van der Waals surface area contributed by atoms with Gasteiger partial charge in [-0.05, 0) is 97.1 Å². The molecule has 0 unspecified atom stereocenters. The van der Waals surface area contributed by atoms with Crippen LogP contribution < -0.4 is 4.74 Å². The summed E-state index contributed by atoms with van der Waals surface area (Å²) < 4.78 is 6.90. The Hall–Kier alpha value is -5.42. The first kappa shape index (κ1) is 34.0. The monoisotopic (exact) mass is 675 g/mol. The lowest BCUT2D eigenvalue weighted by Gasteiger charge is -2.22. The summed E-state index contributed by atoms with van der Waals surface area (Å²) in [7, 11) is 0. The minimum atomic E-state index is -1.06. The maximum Gasteiger partial charge on any atom is 0.336 e. The number of aromatic carboxylic acids is 1. The molecule has 0 aliphatic rings. The maximum absolute atomic E-state index is 12.8. The summed E-state index contributed by atoms with van der Waals surface area (Å²) in [4.78, 5) is 17.7. The zero-order valence-electron chi connectivity index (χ0n) is 30.6. The Balaban J connectivity index is 1.51. The number of carbonyl (C=O) groups is 1. The Morgan fingerprint density at radius 3 is 1.51 bits per heavy atom. The summed E-state index contributed by atoms with van der Waals surface area (Å²) in [6, 6.07) is 30.2. The molecule has 0 heterocycles. The highest BCUT2D eigenvalue weighted by Crippen LogP contribution is 2.47. The predicted octanol–water partition coefficient (Wildman–Crippen LogP) is 13.4. The SMILES string of the molecule is CC(C)c1cccc(C(C)C)c1N=C(O)c1ccc2c3cccc4c(Oc5c(C(C)C)cccc5C(C)C)ccc(c5ccc(C(=O)O)c1c52)c43. The lowest BCUT2D eigenvalue weighted by atomic mass is 9.86. The van der Waals surface area contributed by atoms with E-state index in [1.165, 1.54) is 11.1 Å². The van der Waals surface area contributed by atoms with Crippen molar-refractivity contribution in [1.82, 2.24) is 0 Å². The van der Waals surface area contributed by atoms with E-state index in [0.29, 0.717) is 10.9 Å². The Morgan fingerprint density at radius 2 is 0.961 bits per heavy atom. The Labute approximate surface area is 299 Å². The number of aliphatic imine (C=N–C) groups is 1. The van der Waals surface area contributed by atoms with Crippen molar-refractivity contribution in [2.24, 2.45) is 4.99 Å². The van der Waals surface area contributed by atoms with Gasteiger partial charge in [0.1, 0.15) is 11.5 Å². The van der Waals surface area contributed by atoms with E-state index < -0.39 is 5.97 Å². The molecule has 0 aliphatic heterocycles. The van der Waals surface area contributed by atoms with Crippen LogP contribution in [0.25, 0.3) is 43.1 Å². The number of aliphatic hydroxyl groups is 1. The third-order valence-electron chi connectivity index (χ3n) is 10.3. The number of rotatable bonds is 9. The van der Waals surface area contributed by atoms with Crippen LogP contribution in [0.2, 0.25) is 0 Å². The molecule has 7 aromatic rings. The zero-order valence-corrected chi connectivity index (χ0v) is 30.6. The van der Waals surface area contributed by atoms with Gasteiger partial charge in [-0.3, -0.25) is 0 Å². The van der Waals surface area contributed by atoms with E-state index in [0.717, 1.165) is 66.0 Å². The van der Waals surface area contributed by atoms with Crippen LogP contribution in [0.3, 0.4) is 0 Å². The maximum atomic E-state index is 12.8. The van der Waals surface area contributed by atoms with Crippen molar-refractivity contribution >= 4 is 60.6 Å². The Morgan fingerprint density at radius 1 is 0.510 bits per heavy atom. The van der Waals surface area contributed by atoms with E-state index in [2.05, 4.69) is 91.8 Å². The molecule has 0 amide bonds. The van der Waals surface area contributed by atoms with Gasteiger partial charge in [0.05, 0.1) is 11.3 Å². The van der Waals surface area contributed by atoms with Gasteiger partial charge >= 0.3 is 5.97 Å². The zero-order chi connectivity index (χ0) is 36.3. The molecule has 0 radical (unpaired) electrons. The van der Waals surface area contributed by atoms with Crippen molar-refractivity contribution in [3.8, 4) is 11.5 Å². The number of carboxylic acid groups (broad SMARTS) is 1. The molecular formula is C46H45NO4. The smallest absolute Gasteiger partial charge is 0.336 e. The van der Waals surface area contributed by atoms with Crippen LogP contribution in [-0.2, 0) is 0 Å². The minimum absolute atomic E-state index is 0.121. The average molecular weight is 676 g/mol. The van der Waals surface area contributed by atoms with E-state index in [9.17, 15) is 15.0 Å². The van der Waals surface area contributed by atoms with E-state index in [1.54, 1.807) is 6.07 Å². The van der Waals surface area contributed by atoms with E-state index in [-0.39, 0.29) is 35.1 Å². The molecule has 5 heteroatoms. The second-order valence-electron chi connectivity index (χ2n) is 14.9. The highest BCUT2D eigenvalue weighted by Gasteiger charge is 2.24. The summed E-state index contributed by atoms with van der Waals surface area (Å²) in [5.41, 5.74) is 5.65. The molecule has 5 nitrogen and oxygen atoms in total. The van der Waals surface area contributed by atoms with Crippen molar-refractivity contribution < 1.29 is 19.7 Å². The highest BCUT2D eigenvalue weighted by atomic mass is 16.5. The molecule has 0 spiro atoms. The summed E-state index contributed by atoms with van der Waals surface area (Å²) in [5.74, 6) is 1.37. The summed E-state index contributed by atoms with van der Waals surface area (Å²) in [6.07, 6.45) is 0. The van der Waals surface area contributed by atoms with Gasteiger partial charge in [0.15, 0.2) is 0 Å². The summed E-state index contributed by atoms with van der Waals surface area (Å²) >= 11 is 0. The fraction of sp³-hybridized carbons (Fsp3) is 0.261. The third kappa shape index (κ3) is 5.65. The van der Waals surface area contributed by atoms with Crippen molar-refractivity contribution in [3.05, 3.63) is 124 Å². The number of ether oxygens (including phenoxy) is 1. The van der Waals surface area contributed by atoms with Crippen LogP contribution >= 0.6 is 0 Å². The fourth-order valence-electron chi connectivity index (χ4n) is 7.74. The van der Waals surface area contributed by atoms with Gasteiger partial charge in [-0.2, -0.15) is 0 Å². The molecule has 0 saturated carbocycles. The van der Waals surface area contributed by atoms with E-state index in [4.69, 9.17) is 9.73 Å². The first-order valence-corrected chi connectivity index (χ1v) is 18.0. The van der Waals surface area contributed by atoms with Crippen molar-refractivity contribution in [1.29, 1.82) is 0 Å². The van der Waals surface area contributed by atoms with Gasteiger partial charge in [0, 0.05) is 21.7 Å². The number of hydrogen-bond donors (Lipinski definition) is 2. The molecule has 0 fully saturated rings. The second-order valence-corrected chi connectivity index (χ2v) is 14.9. The van der Waals surface area contributed by atoms with Crippen LogP contribution in [0.1, 0.15) is 117 Å². The van der Waals surface area contributed by atoms with Crippen LogP contribution in [-0.4, -0.2) is 22.1 Å². The van der Waals surface area contributed by atoms with E-state index in [1.807, 2.05) is 48.5 Å². The molecule has 7 rings (SSSR count). The molecule has 0 saturated heterocycles. The molecule has 51 heavy (non-hydrogen) atoms. The number of para-hydroxylation sites is 2. The van der Waals surface area contributed by atoms with Crippen LogP contribution in [0.5, 0.6) is 11.5 Å². The predicted molar refractivity (Wildman–Crippen MR) is 213 cm³/mol. The Kier molecular flexibility index (Phi) is 8.71. The molecule has 0 aliphatic carbocycles. The topological polar surface area (TPSA) is 79.1 Å². The largest absolute Gasteiger partial charge is 0.493 e. The van der Waals surface area contributed by atoms with E-state index >= 15 is 0 Å². The van der Waals surface area contributed by atoms with Gasteiger partial charge in [-0.15, -0.1) is 0 Å². The number of carboxylic acids is 1. The number of fused-ring (bicyclic) bond motifs is 2. The molecule has 0 bridgehead atoms. The van der Waals surface area contributed by atoms with Crippen LogP contribution in [0.15, 0.2) is 96.0 Å². The van der Waals surface area contributed by atoms with Crippen molar-refractivity contribution in [2.45, 2.75) is 79.1 Å². The van der Waals surface area contributed by atoms with Gasteiger partial charge in [0.25, 0.3) is 0 Å². The number of hydrogen-bond acceptors (Lipinski definition) is 3. The molecule has 7 aromatic carbocycles. The summed E-state index contributed by atoms with van der Waals surface area (Å²) in [6.45, 7) is 17.2. The molecule has 0 aromatic heterocycles. The summed E-state index contributed by atoms with van der Waals surface area (Å²) in [5, 5.41) is 29.4. The van der Waals surface area contributed by atoms with Crippen LogP contribution in [0.4, 0.5) is 5.69 Å². The standard InChI is InChI=1S/C46H45NO4/c1-24(2)28-12-9-13-29(25(3)4)43(28)47-45(48)37-20-18-34-32-16-11-17-36-39(51-44-30(26(5)6)14-10-15-31(44)27(7)8)23-22-33(40(32)36)35-19-21-38(46(49)50)42(37)41(34)35/h9-27H,1-8H3,(H,47,48)(H,49,50). The van der Waals surface area contributed by atoms with Gasteiger partial charge < -0.3 is 14.9 Å². The van der Waals surface area contributed by atoms with Gasteiger partial charge in [0.2, 0.25) is 5.90 Å². The van der Waals surface area contributed by atoms with Crippen LogP contribution in [0, 0.1) is 0 Å². The number of benzene rings is 7. The molecule has 0 atom stereocenters. The first-order chi connectivity index (χ1) is 24.4. The number of aliphatic hydroxyl groups excluding tert-OH is 1. The van der Waals surface area contributed by atoms with Crippen molar-refractivity contribution in [3.63, 3.8) is 0 Å². The normalized spacial score (nSPS) is 12.6. The molecule has 2 N–H and O–H groups in total. The lowest BCUT2D eigenvalue weighted by Crippen LogP contribution is -2.07. The second kappa shape index (κ2) is 13.0. The quantitative estimate of drug-likeness (QED) is 0.0691.